The van der Waals surface area contributed by atoms with E-state index in [4.69, 9.17) is 4.74 Å². The molecule has 1 N–H and O–H groups in total. The molecule has 26 heavy (non-hydrogen) atoms. The fourth-order valence-electron chi connectivity index (χ4n) is 2.31. The Morgan fingerprint density at radius 3 is 2.04 bits per heavy atom. The summed E-state index contributed by atoms with van der Waals surface area (Å²) in [6.07, 6.45) is 0. The Morgan fingerprint density at radius 2 is 1.54 bits per heavy atom. The summed E-state index contributed by atoms with van der Waals surface area (Å²) in [4.78, 5) is 0.0937. The quantitative estimate of drug-likeness (QED) is 0.729. The van der Waals surface area contributed by atoms with Crippen molar-refractivity contribution in [2.75, 3.05) is 27.7 Å². The van der Waals surface area contributed by atoms with Crippen molar-refractivity contribution >= 4 is 20.0 Å². The SMILES string of the molecule is COc1ccc(S(=O)(=O)C(CNS(=O)(=O)N(C)C)c2ccccc2)cc1. The molecule has 0 fully saturated rings. The summed E-state index contributed by atoms with van der Waals surface area (Å²) in [6, 6.07) is 14.5. The lowest BCUT2D eigenvalue weighted by atomic mass is 10.1. The van der Waals surface area contributed by atoms with Gasteiger partial charge in [-0.3, -0.25) is 0 Å². The third-order valence-electron chi connectivity index (χ3n) is 3.87. The van der Waals surface area contributed by atoms with E-state index in [-0.39, 0.29) is 11.4 Å². The standard InChI is InChI=1S/C17H22N2O5S2/c1-19(2)26(22,23)18-13-17(14-7-5-4-6-8-14)25(20,21)16-11-9-15(24-3)10-12-16/h4-12,17-18H,13H2,1-3H3. The van der Waals surface area contributed by atoms with Crippen LogP contribution in [-0.2, 0) is 20.0 Å². The Balaban J connectivity index is 2.42. The average Bonchev–Trinajstić information content (AvgIpc) is 2.62. The first-order chi connectivity index (χ1) is 12.2. The van der Waals surface area contributed by atoms with E-state index >= 15 is 0 Å². The van der Waals surface area contributed by atoms with E-state index in [1.807, 2.05) is 0 Å². The molecule has 2 rings (SSSR count). The minimum atomic E-state index is -3.83. The molecule has 0 aromatic heterocycles. The molecule has 0 aliphatic rings. The Labute approximate surface area is 154 Å². The first-order valence-electron chi connectivity index (χ1n) is 7.78. The predicted octanol–water partition coefficient (Wildman–Crippen LogP) is 1.61. The summed E-state index contributed by atoms with van der Waals surface area (Å²) in [5, 5.41) is -1.06. The van der Waals surface area contributed by atoms with Gasteiger partial charge in [0, 0.05) is 20.6 Å². The molecule has 2 aromatic carbocycles. The van der Waals surface area contributed by atoms with Gasteiger partial charge in [0.25, 0.3) is 10.2 Å². The molecule has 0 aliphatic heterocycles. The second-order valence-electron chi connectivity index (χ2n) is 5.76. The average molecular weight is 399 g/mol. The Kier molecular flexibility index (Phi) is 6.40. The second kappa shape index (κ2) is 8.17. The molecule has 0 spiro atoms. The molecule has 0 bridgehead atoms. The van der Waals surface area contributed by atoms with Gasteiger partial charge in [0.15, 0.2) is 9.84 Å². The number of hydrogen-bond donors (Lipinski definition) is 1. The molecule has 0 saturated carbocycles. The highest BCUT2D eigenvalue weighted by Gasteiger charge is 2.30. The zero-order chi connectivity index (χ0) is 19.4. The molecular formula is C17H22N2O5S2. The van der Waals surface area contributed by atoms with Crippen molar-refractivity contribution in [2.24, 2.45) is 0 Å². The van der Waals surface area contributed by atoms with Crippen LogP contribution in [0.3, 0.4) is 0 Å². The van der Waals surface area contributed by atoms with Gasteiger partial charge >= 0.3 is 0 Å². The van der Waals surface area contributed by atoms with Gasteiger partial charge in [0.05, 0.1) is 12.0 Å². The summed E-state index contributed by atoms with van der Waals surface area (Å²) in [6.45, 7) is -0.279. The van der Waals surface area contributed by atoms with Crippen LogP contribution < -0.4 is 9.46 Å². The Morgan fingerprint density at radius 1 is 0.962 bits per heavy atom. The smallest absolute Gasteiger partial charge is 0.278 e. The molecular weight excluding hydrogens is 376 g/mol. The number of ether oxygens (including phenoxy) is 1. The van der Waals surface area contributed by atoms with Gasteiger partial charge in [0.2, 0.25) is 0 Å². The third-order valence-corrected chi connectivity index (χ3v) is 7.48. The molecule has 0 aliphatic carbocycles. The van der Waals surface area contributed by atoms with E-state index in [0.29, 0.717) is 11.3 Å². The molecule has 0 saturated heterocycles. The van der Waals surface area contributed by atoms with Crippen molar-refractivity contribution in [3.8, 4) is 5.75 Å². The van der Waals surface area contributed by atoms with Crippen LogP contribution in [0.15, 0.2) is 59.5 Å². The molecule has 7 nitrogen and oxygen atoms in total. The summed E-state index contributed by atoms with van der Waals surface area (Å²) >= 11 is 0. The van der Waals surface area contributed by atoms with Gasteiger partial charge in [-0.15, -0.1) is 0 Å². The first kappa shape index (κ1) is 20.4. The van der Waals surface area contributed by atoms with Gasteiger partial charge in [-0.1, -0.05) is 30.3 Å². The second-order valence-corrected chi connectivity index (χ2v) is 9.86. The van der Waals surface area contributed by atoms with Crippen LogP contribution in [0.4, 0.5) is 0 Å². The van der Waals surface area contributed by atoms with Gasteiger partial charge in [-0.2, -0.15) is 12.7 Å². The summed E-state index contributed by atoms with van der Waals surface area (Å²) in [7, 11) is -3.35. The van der Waals surface area contributed by atoms with Crippen LogP contribution in [0, 0.1) is 0 Å². The molecule has 1 unspecified atom stereocenters. The topological polar surface area (TPSA) is 92.8 Å². The largest absolute Gasteiger partial charge is 0.497 e. The van der Waals surface area contributed by atoms with Gasteiger partial charge in [-0.25, -0.2) is 13.1 Å². The number of rotatable bonds is 8. The van der Waals surface area contributed by atoms with Crippen molar-refractivity contribution in [3.05, 3.63) is 60.2 Å². The number of nitrogens with zero attached hydrogens (tertiary/aromatic N) is 1. The van der Waals surface area contributed by atoms with Crippen molar-refractivity contribution in [3.63, 3.8) is 0 Å². The fraction of sp³-hybridized carbons (Fsp3) is 0.294. The minimum Gasteiger partial charge on any atom is -0.497 e. The zero-order valence-corrected chi connectivity index (χ0v) is 16.4. The highest BCUT2D eigenvalue weighted by molar-refractivity contribution is 7.91. The van der Waals surface area contributed by atoms with Gasteiger partial charge in [0.1, 0.15) is 11.0 Å². The zero-order valence-electron chi connectivity index (χ0n) is 14.8. The van der Waals surface area contributed by atoms with Crippen LogP contribution in [0.5, 0.6) is 5.75 Å². The highest BCUT2D eigenvalue weighted by atomic mass is 32.2. The lowest BCUT2D eigenvalue weighted by Gasteiger charge is -2.20. The van der Waals surface area contributed by atoms with Crippen LogP contribution in [-0.4, -0.2) is 48.9 Å². The number of benzene rings is 2. The van der Waals surface area contributed by atoms with Gasteiger partial charge in [-0.05, 0) is 29.8 Å². The van der Waals surface area contributed by atoms with Crippen molar-refractivity contribution in [2.45, 2.75) is 10.1 Å². The molecule has 1 atom stereocenters. The van der Waals surface area contributed by atoms with Crippen molar-refractivity contribution in [1.29, 1.82) is 0 Å². The number of nitrogens with one attached hydrogen (secondary N) is 1. The highest BCUT2D eigenvalue weighted by Crippen LogP contribution is 2.29. The molecule has 0 heterocycles. The number of methoxy groups -OCH3 is 1. The third kappa shape index (κ3) is 4.61. The van der Waals surface area contributed by atoms with Crippen LogP contribution in [0.2, 0.25) is 0 Å². The molecule has 0 amide bonds. The Bertz CT molecular complexity index is 925. The minimum absolute atomic E-state index is 0.0937. The van der Waals surface area contributed by atoms with E-state index in [2.05, 4.69) is 4.72 Å². The molecule has 0 radical (unpaired) electrons. The first-order valence-corrected chi connectivity index (χ1v) is 10.8. The maximum Gasteiger partial charge on any atom is 0.278 e. The summed E-state index contributed by atoms with van der Waals surface area (Å²) in [5.41, 5.74) is 0.504. The van der Waals surface area contributed by atoms with Crippen LogP contribution >= 0.6 is 0 Å². The lowest BCUT2D eigenvalue weighted by molar-refractivity contribution is 0.414. The van der Waals surface area contributed by atoms with Crippen molar-refractivity contribution < 1.29 is 21.6 Å². The molecule has 2 aromatic rings. The summed E-state index contributed by atoms with van der Waals surface area (Å²) in [5.74, 6) is 0.536. The molecule has 9 heteroatoms. The van der Waals surface area contributed by atoms with E-state index in [9.17, 15) is 16.8 Å². The van der Waals surface area contributed by atoms with E-state index in [1.54, 1.807) is 42.5 Å². The predicted molar refractivity (Wildman–Crippen MR) is 100.0 cm³/mol. The maximum absolute atomic E-state index is 13.1. The lowest BCUT2D eigenvalue weighted by Crippen LogP contribution is -2.39. The van der Waals surface area contributed by atoms with Crippen LogP contribution in [0.25, 0.3) is 0 Å². The summed E-state index contributed by atoms with van der Waals surface area (Å²) < 4.78 is 58.7. The Hall–Kier alpha value is -1.94. The van der Waals surface area contributed by atoms with Crippen molar-refractivity contribution in [1.82, 2.24) is 9.03 Å². The fourth-order valence-corrected chi connectivity index (χ4v) is 4.72. The van der Waals surface area contributed by atoms with E-state index in [1.165, 1.54) is 33.3 Å². The maximum atomic E-state index is 13.1. The number of sulfone groups is 1. The number of hydrogen-bond acceptors (Lipinski definition) is 5. The monoisotopic (exact) mass is 398 g/mol. The molecule has 142 valence electrons. The van der Waals surface area contributed by atoms with Gasteiger partial charge < -0.3 is 4.74 Å². The van der Waals surface area contributed by atoms with E-state index in [0.717, 1.165) is 4.31 Å². The normalized spacial score (nSPS) is 13.5. The van der Waals surface area contributed by atoms with E-state index < -0.39 is 25.3 Å². The van der Waals surface area contributed by atoms with Crippen LogP contribution in [0.1, 0.15) is 10.8 Å².